The van der Waals surface area contributed by atoms with Gasteiger partial charge < -0.3 is 15.2 Å². The Hall–Kier alpha value is -0.770. The highest BCUT2D eigenvalue weighted by atomic mass is 35.5. The smallest absolute Gasteiger partial charge is 0.122 e. The Morgan fingerprint density at radius 1 is 1.28 bits per heavy atom. The molecule has 1 aromatic rings. The molecule has 0 radical (unpaired) electrons. The summed E-state index contributed by atoms with van der Waals surface area (Å²) in [6.45, 7) is 4.20. The van der Waals surface area contributed by atoms with Crippen molar-refractivity contribution in [3.8, 4) is 5.75 Å². The lowest BCUT2D eigenvalue weighted by Crippen LogP contribution is -2.41. The fourth-order valence-corrected chi connectivity index (χ4v) is 2.41. The molecule has 4 heteroatoms. The van der Waals surface area contributed by atoms with Gasteiger partial charge in [0.1, 0.15) is 5.75 Å². The van der Waals surface area contributed by atoms with Crippen LogP contribution in [0.15, 0.2) is 18.2 Å². The molecule has 0 aliphatic rings. The fourth-order valence-electron chi connectivity index (χ4n) is 2.22. The second-order valence-corrected chi connectivity index (χ2v) is 5.20. The molecule has 0 saturated heterocycles. The van der Waals surface area contributed by atoms with Gasteiger partial charge in [-0.3, -0.25) is 0 Å². The SMILES string of the molecule is COc1ccc(Cl)cc1CC(N)C(OC)C(C)C. The average Bonchev–Trinajstić information content (AvgIpc) is 2.29. The van der Waals surface area contributed by atoms with Gasteiger partial charge in [-0.25, -0.2) is 0 Å². The third-order valence-electron chi connectivity index (χ3n) is 3.05. The summed E-state index contributed by atoms with van der Waals surface area (Å²) in [7, 11) is 3.34. The molecule has 0 amide bonds. The van der Waals surface area contributed by atoms with E-state index < -0.39 is 0 Å². The molecule has 1 aromatic carbocycles. The highest BCUT2D eigenvalue weighted by Gasteiger charge is 2.22. The minimum absolute atomic E-state index is 0.0219. The number of ether oxygens (including phenoxy) is 2. The van der Waals surface area contributed by atoms with E-state index in [1.165, 1.54) is 0 Å². The third kappa shape index (κ3) is 3.87. The van der Waals surface area contributed by atoms with Crippen molar-refractivity contribution in [2.24, 2.45) is 11.7 Å². The second kappa shape index (κ2) is 6.98. The van der Waals surface area contributed by atoms with Crippen LogP contribution in [0.4, 0.5) is 0 Å². The molecule has 0 heterocycles. The maximum atomic E-state index is 6.21. The van der Waals surface area contributed by atoms with Gasteiger partial charge >= 0.3 is 0 Å². The van der Waals surface area contributed by atoms with Crippen molar-refractivity contribution in [3.63, 3.8) is 0 Å². The summed E-state index contributed by atoms with van der Waals surface area (Å²) < 4.78 is 10.8. The van der Waals surface area contributed by atoms with Crippen LogP contribution in [0.25, 0.3) is 0 Å². The van der Waals surface area contributed by atoms with Crippen molar-refractivity contribution in [1.29, 1.82) is 0 Å². The molecule has 18 heavy (non-hydrogen) atoms. The first-order chi connectivity index (χ1) is 8.49. The van der Waals surface area contributed by atoms with E-state index >= 15 is 0 Å². The Balaban J connectivity index is 2.86. The molecule has 2 atom stereocenters. The van der Waals surface area contributed by atoms with Crippen LogP contribution in [0.1, 0.15) is 19.4 Å². The largest absolute Gasteiger partial charge is 0.496 e. The van der Waals surface area contributed by atoms with Gasteiger partial charge in [0, 0.05) is 18.2 Å². The summed E-state index contributed by atoms with van der Waals surface area (Å²) in [6, 6.07) is 5.49. The number of methoxy groups -OCH3 is 2. The van der Waals surface area contributed by atoms with E-state index in [0.717, 1.165) is 11.3 Å². The van der Waals surface area contributed by atoms with Crippen LogP contribution in [0.5, 0.6) is 5.75 Å². The minimum Gasteiger partial charge on any atom is -0.496 e. The Bertz CT molecular complexity index is 382. The zero-order valence-corrected chi connectivity index (χ0v) is 12.2. The monoisotopic (exact) mass is 271 g/mol. The summed E-state index contributed by atoms with van der Waals surface area (Å²) >= 11 is 6.01. The summed E-state index contributed by atoms with van der Waals surface area (Å²) in [4.78, 5) is 0. The lowest BCUT2D eigenvalue weighted by Gasteiger charge is -2.26. The molecule has 102 valence electrons. The van der Waals surface area contributed by atoms with E-state index in [4.69, 9.17) is 26.8 Å². The predicted molar refractivity (Wildman–Crippen MR) is 75.3 cm³/mol. The number of halogens is 1. The van der Waals surface area contributed by atoms with E-state index in [-0.39, 0.29) is 12.1 Å². The van der Waals surface area contributed by atoms with Gasteiger partial charge in [-0.15, -0.1) is 0 Å². The minimum atomic E-state index is -0.0811. The zero-order chi connectivity index (χ0) is 13.7. The first-order valence-corrected chi connectivity index (χ1v) is 6.48. The predicted octanol–water partition coefficient (Wildman–Crippen LogP) is 2.89. The van der Waals surface area contributed by atoms with Gasteiger partial charge in [0.05, 0.1) is 13.2 Å². The number of rotatable bonds is 6. The zero-order valence-electron chi connectivity index (χ0n) is 11.4. The van der Waals surface area contributed by atoms with E-state index in [1.807, 2.05) is 18.2 Å². The maximum Gasteiger partial charge on any atom is 0.122 e. The molecule has 0 bridgehead atoms. The molecular weight excluding hydrogens is 250 g/mol. The maximum absolute atomic E-state index is 6.21. The Kier molecular flexibility index (Phi) is 5.93. The highest BCUT2D eigenvalue weighted by Crippen LogP contribution is 2.25. The molecule has 0 aliphatic carbocycles. The summed E-state index contributed by atoms with van der Waals surface area (Å²) in [5.74, 6) is 1.18. The Morgan fingerprint density at radius 2 is 1.94 bits per heavy atom. The van der Waals surface area contributed by atoms with Gasteiger partial charge in [-0.1, -0.05) is 25.4 Å². The van der Waals surface area contributed by atoms with Crippen LogP contribution in [0.3, 0.4) is 0 Å². The summed E-state index contributed by atoms with van der Waals surface area (Å²) in [5.41, 5.74) is 7.23. The molecule has 2 unspecified atom stereocenters. The normalized spacial score (nSPS) is 14.6. The van der Waals surface area contributed by atoms with Crippen molar-refractivity contribution >= 4 is 11.6 Å². The van der Waals surface area contributed by atoms with E-state index in [9.17, 15) is 0 Å². The first kappa shape index (κ1) is 15.3. The van der Waals surface area contributed by atoms with Crippen molar-refractivity contribution in [3.05, 3.63) is 28.8 Å². The molecular formula is C14H22ClNO2. The number of hydrogen-bond acceptors (Lipinski definition) is 3. The average molecular weight is 272 g/mol. The molecule has 0 saturated carbocycles. The van der Waals surface area contributed by atoms with Gasteiger partial charge in [-0.05, 0) is 36.1 Å². The van der Waals surface area contributed by atoms with Gasteiger partial charge in [0.2, 0.25) is 0 Å². The van der Waals surface area contributed by atoms with E-state index in [1.54, 1.807) is 14.2 Å². The van der Waals surface area contributed by atoms with Crippen molar-refractivity contribution < 1.29 is 9.47 Å². The topological polar surface area (TPSA) is 44.5 Å². The van der Waals surface area contributed by atoms with Crippen molar-refractivity contribution in [2.75, 3.05) is 14.2 Å². The van der Waals surface area contributed by atoms with E-state index in [0.29, 0.717) is 17.4 Å². The molecule has 0 fully saturated rings. The van der Waals surface area contributed by atoms with Crippen LogP contribution in [-0.2, 0) is 11.2 Å². The van der Waals surface area contributed by atoms with Crippen molar-refractivity contribution in [2.45, 2.75) is 32.4 Å². The number of nitrogens with two attached hydrogens (primary N) is 1. The summed E-state index contributed by atoms with van der Waals surface area (Å²) in [6.07, 6.45) is 0.703. The van der Waals surface area contributed by atoms with Gasteiger partial charge in [-0.2, -0.15) is 0 Å². The number of hydrogen-bond donors (Lipinski definition) is 1. The molecule has 1 rings (SSSR count). The standard InChI is InChI=1S/C14H22ClNO2/c1-9(2)14(18-4)12(16)8-10-7-11(15)5-6-13(10)17-3/h5-7,9,12,14H,8,16H2,1-4H3. The highest BCUT2D eigenvalue weighted by molar-refractivity contribution is 6.30. The molecule has 0 spiro atoms. The van der Waals surface area contributed by atoms with E-state index in [2.05, 4.69) is 13.8 Å². The Labute approximate surface area is 114 Å². The quantitative estimate of drug-likeness (QED) is 0.865. The van der Waals surface area contributed by atoms with Gasteiger partial charge in [0.15, 0.2) is 0 Å². The third-order valence-corrected chi connectivity index (χ3v) is 3.28. The first-order valence-electron chi connectivity index (χ1n) is 6.10. The summed E-state index contributed by atoms with van der Waals surface area (Å²) in [5, 5.41) is 0.691. The lowest BCUT2D eigenvalue weighted by molar-refractivity contribution is 0.0440. The van der Waals surface area contributed by atoms with Gasteiger partial charge in [0.25, 0.3) is 0 Å². The van der Waals surface area contributed by atoms with Crippen molar-refractivity contribution in [1.82, 2.24) is 0 Å². The lowest BCUT2D eigenvalue weighted by atomic mass is 9.94. The molecule has 0 aliphatic heterocycles. The van der Waals surface area contributed by atoms with Crippen LogP contribution in [0.2, 0.25) is 5.02 Å². The molecule has 2 N–H and O–H groups in total. The second-order valence-electron chi connectivity index (χ2n) is 4.77. The van der Waals surface area contributed by atoms with Crippen LogP contribution in [-0.4, -0.2) is 26.4 Å². The Morgan fingerprint density at radius 3 is 2.44 bits per heavy atom. The molecule has 0 aromatic heterocycles. The number of benzene rings is 1. The molecule has 3 nitrogen and oxygen atoms in total. The van der Waals surface area contributed by atoms with Crippen LogP contribution < -0.4 is 10.5 Å². The van der Waals surface area contributed by atoms with Crippen LogP contribution >= 0.6 is 11.6 Å². The fraction of sp³-hybridized carbons (Fsp3) is 0.571. The van der Waals surface area contributed by atoms with Crippen LogP contribution in [0, 0.1) is 5.92 Å².